The second-order valence-corrected chi connectivity index (χ2v) is 16.1. The smallest absolute Gasteiger partial charge is 0.145 e. The summed E-state index contributed by atoms with van der Waals surface area (Å²) in [6.07, 6.45) is 13.2. The summed E-state index contributed by atoms with van der Waals surface area (Å²) in [5.74, 6) is 0.548. The lowest BCUT2D eigenvalue weighted by atomic mass is 9.94. The number of rotatable bonds is 9. The van der Waals surface area contributed by atoms with Crippen LogP contribution in [0.15, 0.2) is 29.9 Å². The van der Waals surface area contributed by atoms with E-state index < -0.39 is 8.07 Å². The van der Waals surface area contributed by atoms with Crippen LogP contribution in [-0.2, 0) is 11.5 Å². The van der Waals surface area contributed by atoms with Gasteiger partial charge in [-0.2, -0.15) is 29.5 Å². The van der Waals surface area contributed by atoms with Gasteiger partial charge in [-0.25, -0.2) is 9.97 Å². The van der Waals surface area contributed by atoms with Crippen molar-refractivity contribution in [3.05, 3.63) is 30.5 Å². The molecule has 1 aliphatic heterocycles. The molecule has 32 heavy (non-hydrogen) atoms. The Morgan fingerprint density at radius 1 is 1.28 bits per heavy atom. The van der Waals surface area contributed by atoms with Gasteiger partial charge in [0.25, 0.3) is 0 Å². The fourth-order valence-corrected chi connectivity index (χ4v) is 5.69. The number of allylic oxidation sites excluding steroid dienone is 1. The topological polar surface area (TPSA) is 76.1 Å². The Kier molecular flexibility index (Phi) is 6.61. The normalized spacial score (nSPS) is 22.4. The van der Waals surface area contributed by atoms with Gasteiger partial charge in [-0.15, -0.1) is 14.1 Å². The van der Waals surface area contributed by atoms with E-state index in [1.807, 2.05) is 17.0 Å². The summed E-state index contributed by atoms with van der Waals surface area (Å²) in [6.45, 7) is 8.35. The molecule has 0 saturated heterocycles. The van der Waals surface area contributed by atoms with Crippen LogP contribution in [0.1, 0.15) is 37.8 Å². The van der Waals surface area contributed by atoms with Crippen LogP contribution in [0.2, 0.25) is 25.7 Å². The van der Waals surface area contributed by atoms with E-state index in [2.05, 4.69) is 55.0 Å². The second kappa shape index (κ2) is 9.26. The van der Waals surface area contributed by atoms with Crippen molar-refractivity contribution >= 4 is 30.9 Å². The highest BCUT2D eigenvalue weighted by molar-refractivity contribution is 6.76. The number of quaternary nitrogens is 1. The Morgan fingerprint density at radius 3 is 2.78 bits per heavy atom. The van der Waals surface area contributed by atoms with Crippen LogP contribution in [-0.4, -0.2) is 53.1 Å². The maximum Gasteiger partial charge on any atom is 0.145 e. The molecule has 3 heterocycles. The van der Waals surface area contributed by atoms with Gasteiger partial charge in [-0.05, 0) is 18.9 Å². The molecule has 171 valence electrons. The zero-order valence-corrected chi connectivity index (χ0v) is 20.8. The lowest BCUT2D eigenvalue weighted by Crippen LogP contribution is -2.45. The summed E-state index contributed by atoms with van der Waals surface area (Å²) in [4.78, 5) is 9.13. The minimum atomic E-state index is -1.10. The molecule has 2 aromatic rings. The largest absolute Gasteiger partial charge is 0.364 e. The number of nitriles is 1. The SMILES string of the molecule is C[N+]1(C(CC#N)C2CCCC2)C=C(c2ncnc3c2ccn3COCC[Si-](C)(C)C)C=N1. The first-order valence-corrected chi connectivity index (χ1v) is 15.4. The molecule has 4 rings (SSSR count). The standard InChI is InChI=1S/C24H35N6OSi/c1-30(22(9-11-25)19-7-5-6-8-19)16-20(15-28-30)23-21-10-12-29(24(21)27-17-26-23)18-31-13-14-32(2,3)4/h10,12,15-17,19,22H,5-9,13-14,18H2,1-4H3. The molecular formula is C24H35N6OSi. The van der Waals surface area contributed by atoms with E-state index in [1.54, 1.807) is 6.33 Å². The van der Waals surface area contributed by atoms with Gasteiger partial charge >= 0.3 is 0 Å². The molecule has 8 heteroatoms. The van der Waals surface area contributed by atoms with Crippen LogP contribution in [0.3, 0.4) is 0 Å². The molecule has 2 aromatic heterocycles. The van der Waals surface area contributed by atoms with E-state index in [-0.39, 0.29) is 6.04 Å². The molecule has 1 saturated carbocycles. The summed E-state index contributed by atoms with van der Waals surface area (Å²) < 4.78 is 8.41. The van der Waals surface area contributed by atoms with Gasteiger partial charge in [-0.3, -0.25) is 0 Å². The Hall–Kier alpha value is -2.34. The Labute approximate surface area is 192 Å². The highest BCUT2D eigenvalue weighted by atomic mass is 28.3. The Bertz CT molecular complexity index is 1060. The van der Waals surface area contributed by atoms with Crippen LogP contribution in [0, 0.1) is 17.2 Å². The minimum Gasteiger partial charge on any atom is -0.364 e. The Morgan fingerprint density at radius 2 is 2.06 bits per heavy atom. The van der Waals surface area contributed by atoms with Gasteiger partial charge in [-0.1, -0.05) is 17.9 Å². The first kappa shape index (κ1) is 22.8. The van der Waals surface area contributed by atoms with E-state index >= 15 is 0 Å². The second-order valence-electron chi connectivity index (χ2n) is 10.5. The molecular weight excluding hydrogens is 416 g/mol. The van der Waals surface area contributed by atoms with E-state index in [0.29, 0.717) is 23.7 Å². The molecule has 2 unspecified atom stereocenters. The van der Waals surface area contributed by atoms with Gasteiger partial charge in [0, 0.05) is 24.1 Å². The first-order valence-electron chi connectivity index (χ1n) is 11.7. The van der Waals surface area contributed by atoms with E-state index in [1.165, 1.54) is 25.7 Å². The van der Waals surface area contributed by atoms with Gasteiger partial charge in [0.1, 0.15) is 30.9 Å². The van der Waals surface area contributed by atoms with Crippen molar-refractivity contribution in [1.82, 2.24) is 14.5 Å². The fourth-order valence-electron chi connectivity index (χ4n) is 4.93. The number of fused-ring (bicyclic) bond motifs is 1. The number of ether oxygens (including phenoxy) is 1. The van der Waals surface area contributed by atoms with Crippen molar-refractivity contribution in [3.63, 3.8) is 0 Å². The molecule has 0 bridgehead atoms. The number of hydrogen-bond donors (Lipinski definition) is 0. The molecule has 0 spiro atoms. The zero-order chi connectivity index (χ0) is 22.8. The molecule has 1 aliphatic carbocycles. The number of aromatic nitrogens is 3. The van der Waals surface area contributed by atoms with Crippen molar-refractivity contribution in [3.8, 4) is 6.07 Å². The van der Waals surface area contributed by atoms with Crippen LogP contribution in [0.5, 0.6) is 0 Å². The molecule has 2 atom stereocenters. The van der Waals surface area contributed by atoms with Gasteiger partial charge in [0.05, 0.1) is 37.0 Å². The van der Waals surface area contributed by atoms with Crippen molar-refractivity contribution in [2.45, 2.75) is 70.6 Å². The fraction of sp³-hybridized carbons (Fsp3) is 0.583. The monoisotopic (exact) mass is 451 g/mol. The maximum absolute atomic E-state index is 9.47. The van der Waals surface area contributed by atoms with E-state index in [9.17, 15) is 5.26 Å². The van der Waals surface area contributed by atoms with Gasteiger partial charge in [0.2, 0.25) is 0 Å². The zero-order valence-electron chi connectivity index (χ0n) is 19.8. The first-order chi connectivity index (χ1) is 15.3. The van der Waals surface area contributed by atoms with Crippen LogP contribution in [0.25, 0.3) is 16.6 Å². The summed E-state index contributed by atoms with van der Waals surface area (Å²) in [5, 5.41) is 15.3. The summed E-state index contributed by atoms with van der Waals surface area (Å²) in [6, 6.07) is 5.81. The molecule has 2 aliphatic rings. The molecule has 1 fully saturated rings. The lowest BCUT2D eigenvalue weighted by molar-refractivity contribution is -0.892. The molecule has 0 N–H and O–H groups in total. The lowest BCUT2D eigenvalue weighted by Gasteiger charge is -2.33. The molecule has 0 radical (unpaired) electrons. The van der Waals surface area contributed by atoms with Crippen LogP contribution >= 0.6 is 0 Å². The van der Waals surface area contributed by atoms with E-state index in [4.69, 9.17) is 9.84 Å². The average molecular weight is 452 g/mol. The third-order valence-corrected chi connectivity index (χ3v) is 8.52. The van der Waals surface area contributed by atoms with E-state index in [0.717, 1.165) is 35.0 Å². The summed E-state index contributed by atoms with van der Waals surface area (Å²) in [7, 11) is 1.01. The average Bonchev–Trinajstić information content (AvgIpc) is 3.49. The summed E-state index contributed by atoms with van der Waals surface area (Å²) >= 11 is 0. The Balaban J connectivity index is 1.55. The molecule has 7 nitrogen and oxygen atoms in total. The minimum absolute atomic E-state index is 0.193. The predicted octanol–water partition coefficient (Wildman–Crippen LogP) is 5.00. The predicted molar refractivity (Wildman–Crippen MR) is 130 cm³/mol. The number of hydrogen-bond acceptors (Lipinski definition) is 5. The molecule has 0 aromatic carbocycles. The third kappa shape index (κ3) is 4.85. The third-order valence-electron chi connectivity index (χ3n) is 6.82. The summed E-state index contributed by atoms with van der Waals surface area (Å²) in [5.41, 5.74) is 2.77. The quantitative estimate of drug-likeness (QED) is 0.305. The highest BCUT2D eigenvalue weighted by Crippen LogP contribution is 2.38. The van der Waals surface area contributed by atoms with Crippen molar-refractivity contribution in [2.75, 3.05) is 13.7 Å². The van der Waals surface area contributed by atoms with Gasteiger partial charge in [0.15, 0.2) is 0 Å². The van der Waals surface area contributed by atoms with Crippen LogP contribution < -0.4 is 0 Å². The molecule has 0 amide bonds. The van der Waals surface area contributed by atoms with Crippen molar-refractivity contribution in [1.29, 1.82) is 5.26 Å². The maximum atomic E-state index is 9.47. The van der Waals surface area contributed by atoms with Crippen molar-refractivity contribution < 1.29 is 9.33 Å². The number of nitrogens with zero attached hydrogens (tertiary/aromatic N) is 6. The van der Waals surface area contributed by atoms with Crippen molar-refractivity contribution in [2.24, 2.45) is 11.0 Å². The van der Waals surface area contributed by atoms with Crippen LogP contribution in [0.4, 0.5) is 0 Å². The highest BCUT2D eigenvalue weighted by Gasteiger charge is 2.42. The van der Waals surface area contributed by atoms with Gasteiger partial charge < -0.3 is 9.30 Å².